The summed E-state index contributed by atoms with van der Waals surface area (Å²) in [5.74, 6) is -0.141. The Bertz CT molecular complexity index is 1010. The molecule has 0 N–H and O–H groups in total. The van der Waals surface area contributed by atoms with E-state index in [2.05, 4.69) is 52.3 Å². The highest BCUT2D eigenvalue weighted by Crippen LogP contribution is 2.49. The van der Waals surface area contributed by atoms with Crippen molar-refractivity contribution in [2.75, 3.05) is 31.1 Å². The molecule has 1 fully saturated rings. The van der Waals surface area contributed by atoms with Crippen LogP contribution in [0.5, 0.6) is 0 Å². The first-order valence-corrected chi connectivity index (χ1v) is 11.1. The molecule has 2 heterocycles. The molecule has 0 radical (unpaired) electrons. The van der Waals surface area contributed by atoms with Gasteiger partial charge in [-0.15, -0.1) is 0 Å². The molecule has 154 valence electrons. The Kier molecular flexibility index (Phi) is 5.26. The smallest absolute Gasteiger partial charge is 0.123 e. The van der Waals surface area contributed by atoms with Crippen molar-refractivity contribution < 1.29 is 4.39 Å². The largest absolute Gasteiger partial charge is 0.340 e. The maximum atomic E-state index is 14.2. The summed E-state index contributed by atoms with van der Waals surface area (Å²) in [6, 6.07) is 23.9. The van der Waals surface area contributed by atoms with Gasteiger partial charge in [0.1, 0.15) is 5.82 Å². The van der Waals surface area contributed by atoms with Crippen LogP contribution in [0.25, 0.3) is 0 Å². The van der Waals surface area contributed by atoms with Crippen LogP contribution in [0.4, 0.5) is 15.8 Å². The Morgan fingerprint density at radius 2 is 1.63 bits per heavy atom. The highest BCUT2D eigenvalue weighted by Gasteiger charge is 2.45. The lowest BCUT2D eigenvalue weighted by molar-refractivity contribution is 0.168. The van der Waals surface area contributed by atoms with Crippen molar-refractivity contribution in [2.24, 2.45) is 0 Å². The van der Waals surface area contributed by atoms with Gasteiger partial charge in [0, 0.05) is 34.9 Å². The van der Waals surface area contributed by atoms with E-state index in [1.807, 2.05) is 18.2 Å². The van der Waals surface area contributed by atoms with Gasteiger partial charge in [0.15, 0.2) is 0 Å². The van der Waals surface area contributed by atoms with Crippen molar-refractivity contribution in [1.29, 1.82) is 0 Å². The summed E-state index contributed by atoms with van der Waals surface area (Å²) in [4.78, 5) is 4.90. The number of halogens is 2. The number of benzene rings is 3. The van der Waals surface area contributed by atoms with E-state index in [-0.39, 0.29) is 11.2 Å². The molecular weight excluding hydrogens is 395 g/mol. The van der Waals surface area contributed by atoms with Crippen molar-refractivity contribution in [2.45, 2.75) is 24.7 Å². The zero-order valence-electron chi connectivity index (χ0n) is 17.0. The third-order valence-electron chi connectivity index (χ3n) is 6.79. The minimum atomic E-state index is -0.141. The Morgan fingerprint density at radius 1 is 0.900 bits per heavy atom. The highest BCUT2D eigenvalue weighted by molar-refractivity contribution is 6.30. The third kappa shape index (κ3) is 3.73. The molecule has 4 heteroatoms. The standard InChI is InChI=1S/C26H26ClFN2/c27-21-6-9-23(10-7-21)30-19-26(24-18-22(28)8-11-25(24)30)13-16-29(17-14-26)15-12-20-4-2-1-3-5-20/h1-11,18H,12-17,19H2. The fraction of sp³-hybridized carbons (Fsp3) is 0.308. The summed E-state index contributed by atoms with van der Waals surface area (Å²) in [6.45, 7) is 4.09. The molecule has 2 aliphatic heterocycles. The second-order valence-electron chi connectivity index (χ2n) is 8.58. The van der Waals surface area contributed by atoms with Gasteiger partial charge in [-0.3, -0.25) is 0 Å². The van der Waals surface area contributed by atoms with Gasteiger partial charge < -0.3 is 9.80 Å². The predicted octanol–water partition coefficient (Wildman–Crippen LogP) is 6.21. The predicted molar refractivity (Wildman–Crippen MR) is 122 cm³/mol. The molecule has 3 aromatic carbocycles. The van der Waals surface area contributed by atoms with E-state index >= 15 is 0 Å². The molecule has 0 saturated carbocycles. The van der Waals surface area contributed by atoms with Gasteiger partial charge >= 0.3 is 0 Å². The zero-order chi connectivity index (χ0) is 20.6. The molecule has 1 spiro atoms. The second-order valence-corrected chi connectivity index (χ2v) is 9.02. The van der Waals surface area contributed by atoms with E-state index in [4.69, 9.17) is 11.6 Å². The van der Waals surface area contributed by atoms with Gasteiger partial charge in [0.25, 0.3) is 0 Å². The molecular formula is C26H26ClFN2. The molecule has 3 aromatic rings. The number of likely N-dealkylation sites (tertiary alicyclic amines) is 1. The summed E-state index contributed by atoms with van der Waals surface area (Å²) >= 11 is 6.10. The fourth-order valence-electron chi connectivity index (χ4n) is 5.06. The molecule has 0 unspecified atom stereocenters. The van der Waals surface area contributed by atoms with Gasteiger partial charge in [0.05, 0.1) is 0 Å². The summed E-state index contributed by atoms with van der Waals surface area (Å²) in [6.07, 6.45) is 3.20. The zero-order valence-corrected chi connectivity index (χ0v) is 17.8. The average Bonchev–Trinajstić information content (AvgIpc) is 3.08. The molecule has 0 atom stereocenters. The van der Waals surface area contributed by atoms with Crippen LogP contribution in [-0.2, 0) is 11.8 Å². The maximum absolute atomic E-state index is 14.2. The van der Waals surface area contributed by atoms with Crippen LogP contribution in [0.2, 0.25) is 5.02 Å². The topological polar surface area (TPSA) is 6.48 Å². The lowest BCUT2D eigenvalue weighted by atomic mass is 9.74. The normalized spacial score (nSPS) is 18.0. The van der Waals surface area contributed by atoms with Crippen molar-refractivity contribution in [1.82, 2.24) is 4.90 Å². The fourth-order valence-corrected chi connectivity index (χ4v) is 5.18. The highest BCUT2D eigenvalue weighted by atomic mass is 35.5. The average molecular weight is 421 g/mol. The first-order chi connectivity index (χ1) is 14.6. The number of hydrogen-bond donors (Lipinski definition) is 0. The molecule has 1 saturated heterocycles. The maximum Gasteiger partial charge on any atom is 0.123 e. The van der Waals surface area contributed by atoms with Crippen LogP contribution >= 0.6 is 11.6 Å². The van der Waals surface area contributed by atoms with E-state index in [0.717, 1.165) is 61.8 Å². The minimum Gasteiger partial charge on any atom is -0.340 e. The molecule has 0 bridgehead atoms. The van der Waals surface area contributed by atoms with Crippen molar-refractivity contribution >= 4 is 23.0 Å². The summed E-state index contributed by atoms with van der Waals surface area (Å²) in [5, 5.41) is 0.735. The summed E-state index contributed by atoms with van der Waals surface area (Å²) in [5.41, 5.74) is 4.83. The lowest BCUT2D eigenvalue weighted by Crippen LogP contribution is -2.45. The molecule has 0 aromatic heterocycles. The Labute approximate surface area is 182 Å². The number of rotatable bonds is 4. The lowest BCUT2D eigenvalue weighted by Gasteiger charge is -2.40. The van der Waals surface area contributed by atoms with E-state index in [1.54, 1.807) is 12.1 Å². The Morgan fingerprint density at radius 3 is 2.37 bits per heavy atom. The van der Waals surface area contributed by atoms with Gasteiger partial charge in [-0.1, -0.05) is 41.9 Å². The monoisotopic (exact) mass is 420 g/mol. The number of fused-ring (bicyclic) bond motifs is 2. The van der Waals surface area contributed by atoms with E-state index in [9.17, 15) is 4.39 Å². The first-order valence-electron chi connectivity index (χ1n) is 10.7. The van der Waals surface area contributed by atoms with Gasteiger partial charge in [-0.05, 0) is 85.9 Å². The Balaban J connectivity index is 1.34. The molecule has 5 rings (SSSR count). The molecule has 2 aliphatic rings. The van der Waals surface area contributed by atoms with Crippen LogP contribution in [0.3, 0.4) is 0 Å². The number of nitrogens with zero attached hydrogens (tertiary/aromatic N) is 2. The van der Waals surface area contributed by atoms with Gasteiger partial charge in [-0.25, -0.2) is 4.39 Å². The van der Waals surface area contributed by atoms with E-state index in [1.165, 1.54) is 11.1 Å². The molecule has 0 amide bonds. The summed E-state index contributed by atoms with van der Waals surface area (Å²) in [7, 11) is 0. The number of anilines is 2. The van der Waals surface area contributed by atoms with E-state index in [0.29, 0.717) is 0 Å². The quantitative estimate of drug-likeness (QED) is 0.495. The van der Waals surface area contributed by atoms with Crippen molar-refractivity contribution in [3.05, 3.63) is 94.8 Å². The van der Waals surface area contributed by atoms with E-state index < -0.39 is 0 Å². The number of piperidine rings is 1. The van der Waals surface area contributed by atoms with Crippen molar-refractivity contribution in [3.8, 4) is 0 Å². The van der Waals surface area contributed by atoms with Crippen molar-refractivity contribution in [3.63, 3.8) is 0 Å². The second kappa shape index (κ2) is 8.05. The minimum absolute atomic E-state index is 0.0142. The molecule has 2 nitrogen and oxygen atoms in total. The summed E-state index contributed by atoms with van der Waals surface area (Å²) < 4.78 is 14.2. The van der Waals surface area contributed by atoms with Gasteiger partial charge in [-0.2, -0.15) is 0 Å². The van der Waals surface area contributed by atoms with Crippen LogP contribution < -0.4 is 4.90 Å². The number of hydrogen-bond acceptors (Lipinski definition) is 2. The molecule has 30 heavy (non-hydrogen) atoms. The van der Waals surface area contributed by atoms with Crippen LogP contribution in [0.1, 0.15) is 24.0 Å². The Hall–Kier alpha value is -2.36. The third-order valence-corrected chi connectivity index (χ3v) is 7.04. The van der Waals surface area contributed by atoms with Crippen LogP contribution in [-0.4, -0.2) is 31.1 Å². The first kappa shape index (κ1) is 19.6. The SMILES string of the molecule is Fc1ccc2c(c1)C1(CCN(CCc3ccccc3)CC1)CN2c1ccc(Cl)cc1. The van der Waals surface area contributed by atoms with Crippen LogP contribution in [0.15, 0.2) is 72.8 Å². The van der Waals surface area contributed by atoms with Gasteiger partial charge in [0.2, 0.25) is 0 Å². The molecule has 0 aliphatic carbocycles. The van der Waals surface area contributed by atoms with Crippen LogP contribution in [0, 0.1) is 5.82 Å².